The number of rotatable bonds is 7. The van der Waals surface area contributed by atoms with Crippen LogP contribution in [0.25, 0.3) is 0 Å². The number of nitrogens with one attached hydrogen (secondary N) is 1. The number of carbonyl (C=O) groups is 2. The van der Waals surface area contributed by atoms with Gasteiger partial charge >= 0.3 is 5.97 Å². The van der Waals surface area contributed by atoms with Gasteiger partial charge in [-0.25, -0.2) is 0 Å². The van der Waals surface area contributed by atoms with Crippen molar-refractivity contribution in [3.63, 3.8) is 0 Å². The van der Waals surface area contributed by atoms with E-state index in [0.717, 1.165) is 18.4 Å². The van der Waals surface area contributed by atoms with Crippen molar-refractivity contribution < 1.29 is 19.8 Å². The molecule has 116 valence electrons. The Morgan fingerprint density at radius 1 is 1.10 bits per heavy atom. The zero-order valence-corrected chi connectivity index (χ0v) is 12.7. The lowest BCUT2D eigenvalue weighted by atomic mass is 9.95. The highest BCUT2D eigenvalue weighted by Crippen LogP contribution is 2.14. The molecule has 3 N–H and O–H groups in total. The van der Waals surface area contributed by atoms with Crippen molar-refractivity contribution >= 4 is 11.9 Å². The second-order valence-corrected chi connectivity index (χ2v) is 5.53. The Kier molecular flexibility index (Phi) is 6.21. The third kappa shape index (κ3) is 5.45. The summed E-state index contributed by atoms with van der Waals surface area (Å²) in [6, 6.07) is 6.93. The van der Waals surface area contributed by atoms with Gasteiger partial charge in [-0.15, -0.1) is 0 Å². The summed E-state index contributed by atoms with van der Waals surface area (Å²) in [5.41, 5.74) is 1.08. The first kappa shape index (κ1) is 17.0. The molecule has 0 aliphatic heterocycles. The van der Waals surface area contributed by atoms with Crippen LogP contribution in [0.3, 0.4) is 0 Å². The number of hydrogen-bond donors (Lipinski definition) is 3. The SMILES string of the molecule is CC(CCc1ccc(O)cc1)NC(=O)C(C)C(C)C(=O)O. The average Bonchev–Trinajstić information content (AvgIpc) is 2.44. The fourth-order valence-corrected chi connectivity index (χ4v) is 1.93. The lowest BCUT2D eigenvalue weighted by molar-refractivity contribution is -0.146. The molecule has 1 aromatic rings. The van der Waals surface area contributed by atoms with E-state index in [4.69, 9.17) is 5.11 Å². The lowest BCUT2D eigenvalue weighted by Gasteiger charge is -2.19. The highest BCUT2D eigenvalue weighted by molar-refractivity contribution is 5.84. The van der Waals surface area contributed by atoms with Crippen LogP contribution in [0.4, 0.5) is 0 Å². The third-order valence-electron chi connectivity index (χ3n) is 3.74. The Balaban J connectivity index is 2.42. The van der Waals surface area contributed by atoms with Crippen molar-refractivity contribution in [2.24, 2.45) is 11.8 Å². The Hall–Kier alpha value is -2.04. The van der Waals surface area contributed by atoms with Crippen LogP contribution < -0.4 is 5.32 Å². The van der Waals surface area contributed by atoms with Gasteiger partial charge < -0.3 is 15.5 Å². The lowest BCUT2D eigenvalue weighted by Crippen LogP contribution is -2.40. The number of aryl methyl sites for hydroxylation is 1. The highest BCUT2D eigenvalue weighted by Gasteiger charge is 2.26. The number of aromatic hydroxyl groups is 1. The monoisotopic (exact) mass is 293 g/mol. The predicted molar refractivity (Wildman–Crippen MR) is 80.0 cm³/mol. The molecule has 0 spiro atoms. The van der Waals surface area contributed by atoms with E-state index in [-0.39, 0.29) is 17.7 Å². The van der Waals surface area contributed by atoms with Crippen LogP contribution in [0.2, 0.25) is 0 Å². The van der Waals surface area contributed by atoms with Gasteiger partial charge in [0.15, 0.2) is 0 Å². The molecule has 5 nitrogen and oxygen atoms in total. The minimum absolute atomic E-state index is 0.0326. The molecule has 0 aliphatic rings. The van der Waals surface area contributed by atoms with E-state index in [1.54, 1.807) is 19.1 Å². The molecule has 0 radical (unpaired) electrons. The summed E-state index contributed by atoms with van der Waals surface area (Å²) < 4.78 is 0. The Labute approximate surface area is 125 Å². The van der Waals surface area contributed by atoms with Crippen LogP contribution in [0.5, 0.6) is 5.75 Å². The molecule has 1 amide bonds. The van der Waals surface area contributed by atoms with Crippen LogP contribution >= 0.6 is 0 Å². The van der Waals surface area contributed by atoms with Gasteiger partial charge in [-0.05, 0) is 37.5 Å². The largest absolute Gasteiger partial charge is 0.508 e. The van der Waals surface area contributed by atoms with Gasteiger partial charge in [-0.2, -0.15) is 0 Å². The van der Waals surface area contributed by atoms with Crippen LogP contribution in [-0.4, -0.2) is 28.1 Å². The van der Waals surface area contributed by atoms with Gasteiger partial charge in [-0.3, -0.25) is 9.59 Å². The van der Waals surface area contributed by atoms with Crippen molar-refractivity contribution in [3.8, 4) is 5.75 Å². The molecule has 21 heavy (non-hydrogen) atoms. The third-order valence-corrected chi connectivity index (χ3v) is 3.74. The van der Waals surface area contributed by atoms with Gasteiger partial charge in [0.25, 0.3) is 0 Å². The van der Waals surface area contributed by atoms with E-state index >= 15 is 0 Å². The second-order valence-electron chi connectivity index (χ2n) is 5.53. The number of benzene rings is 1. The molecular formula is C16H23NO4. The molecule has 0 saturated heterocycles. The van der Waals surface area contributed by atoms with Gasteiger partial charge in [0.1, 0.15) is 5.75 Å². The summed E-state index contributed by atoms with van der Waals surface area (Å²) in [5.74, 6) is -2.22. The zero-order chi connectivity index (χ0) is 16.0. The van der Waals surface area contributed by atoms with E-state index in [9.17, 15) is 14.7 Å². The first-order valence-electron chi connectivity index (χ1n) is 7.12. The summed E-state index contributed by atoms with van der Waals surface area (Å²) in [4.78, 5) is 22.8. The maximum atomic E-state index is 11.9. The normalized spacial score (nSPS) is 15.0. The molecule has 1 rings (SSSR count). The minimum atomic E-state index is -0.964. The molecule has 5 heteroatoms. The smallest absolute Gasteiger partial charge is 0.307 e. The molecule has 3 unspecified atom stereocenters. The number of carbonyl (C=O) groups excluding carboxylic acids is 1. The Bertz CT molecular complexity index is 484. The van der Waals surface area contributed by atoms with Crippen LogP contribution in [0.1, 0.15) is 32.8 Å². The summed E-state index contributed by atoms with van der Waals surface area (Å²) in [6.45, 7) is 5.06. The van der Waals surface area contributed by atoms with Gasteiger partial charge in [0, 0.05) is 12.0 Å². The maximum absolute atomic E-state index is 11.9. The molecule has 0 bridgehead atoms. The predicted octanol–water partition coefficient (Wildman–Crippen LogP) is 2.19. The molecule has 3 atom stereocenters. The summed E-state index contributed by atoms with van der Waals surface area (Å²) in [7, 11) is 0. The molecular weight excluding hydrogens is 270 g/mol. The number of carboxylic acid groups (broad SMARTS) is 1. The first-order valence-corrected chi connectivity index (χ1v) is 7.12. The molecule has 0 heterocycles. The van der Waals surface area contributed by atoms with Gasteiger partial charge in [-0.1, -0.05) is 26.0 Å². The zero-order valence-electron chi connectivity index (χ0n) is 12.7. The van der Waals surface area contributed by atoms with Crippen molar-refractivity contribution in [2.75, 3.05) is 0 Å². The van der Waals surface area contributed by atoms with E-state index in [1.807, 2.05) is 19.1 Å². The van der Waals surface area contributed by atoms with Crippen LogP contribution in [0, 0.1) is 11.8 Å². The van der Waals surface area contributed by atoms with Gasteiger partial charge in [0.2, 0.25) is 5.91 Å². The van der Waals surface area contributed by atoms with Gasteiger partial charge in [0.05, 0.1) is 5.92 Å². The van der Waals surface area contributed by atoms with E-state index in [2.05, 4.69) is 5.32 Å². The van der Waals surface area contributed by atoms with Crippen molar-refractivity contribution in [2.45, 2.75) is 39.7 Å². The minimum Gasteiger partial charge on any atom is -0.508 e. The fourth-order valence-electron chi connectivity index (χ4n) is 1.93. The summed E-state index contributed by atoms with van der Waals surface area (Å²) in [6.07, 6.45) is 1.54. The Morgan fingerprint density at radius 3 is 2.19 bits per heavy atom. The Morgan fingerprint density at radius 2 is 1.67 bits per heavy atom. The molecule has 0 fully saturated rings. The quantitative estimate of drug-likeness (QED) is 0.719. The fraction of sp³-hybridized carbons (Fsp3) is 0.500. The number of amides is 1. The molecule has 0 aliphatic carbocycles. The topological polar surface area (TPSA) is 86.6 Å². The summed E-state index contributed by atoms with van der Waals surface area (Å²) >= 11 is 0. The molecule has 1 aromatic carbocycles. The molecule has 0 aromatic heterocycles. The van der Waals surface area contributed by atoms with Crippen molar-refractivity contribution in [1.29, 1.82) is 0 Å². The maximum Gasteiger partial charge on any atom is 0.307 e. The van der Waals surface area contributed by atoms with Crippen molar-refractivity contribution in [1.82, 2.24) is 5.32 Å². The number of hydrogen-bond acceptors (Lipinski definition) is 3. The standard InChI is InChI=1S/C16H23NO4/c1-10(4-5-13-6-8-14(18)9-7-13)17-15(19)11(2)12(3)16(20)21/h6-12,18H,4-5H2,1-3H3,(H,17,19)(H,20,21). The van der Waals surface area contributed by atoms with E-state index in [0.29, 0.717) is 0 Å². The number of aliphatic carboxylic acids is 1. The summed E-state index contributed by atoms with van der Waals surface area (Å²) in [5, 5.41) is 21.0. The van der Waals surface area contributed by atoms with Crippen LogP contribution in [0.15, 0.2) is 24.3 Å². The highest BCUT2D eigenvalue weighted by atomic mass is 16.4. The number of phenols is 1. The molecule has 0 saturated carbocycles. The first-order chi connectivity index (χ1) is 9.81. The van der Waals surface area contributed by atoms with E-state index in [1.165, 1.54) is 6.92 Å². The second kappa shape index (κ2) is 7.67. The number of phenolic OH excluding ortho intramolecular Hbond substituents is 1. The van der Waals surface area contributed by atoms with Crippen LogP contribution in [-0.2, 0) is 16.0 Å². The van der Waals surface area contributed by atoms with Crippen molar-refractivity contribution in [3.05, 3.63) is 29.8 Å². The number of carboxylic acids is 1. The van der Waals surface area contributed by atoms with E-state index < -0.39 is 17.8 Å². The average molecular weight is 293 g/mol.